The molecule has 76 valence electrons. The number of urea groups is 1. The fourth-order valence-corrected chi connectivity index (χ4v) is 0.954. The summed E-state index contributed by atoms with van der Waals surface area (Å²) in [6.45, 7) is 0.0910. The molecule has 0 aromatic heterocycles. The molecule has 1 aromatic carbocycles. The lowest BCUT2D eigenvalue weighted by molar-refractivity contribution is 0.239. The van der Waals surface area contributed by atoms with Gasteiger partial charge in [-0.1, -0.05) is 18.2 Å². The van der Waals surface area contributed by atoms with Crippen molar-refractivity contribution in [3.05, 3.63) is 30.3 Å². The highest BCUT2D eigenvalue weighted by atomic mass is 16.3. The number of nitrogens with zero attached hydrogens (tertiary/aromatic N) is 1. The summed E-state index contributed by atoms with van der Waals surface area (Å²) >= 11 is 0. The zero-order valence-electron chi connectivity index (χ0n) is 7.68. The van der Waals surface area contributed by atoms with Crippen LogP contribution in [-0.2, 0) is 0 Å². The van der Waals surface area contributed by atoms with E-state index in [1.807, 2.05) is 6.07 Å². The van der Waals surface area contributed by atoms with Crippen LogP contribution in [-0.4, -0.2) is 24.3 Å². The van der Waals surface area contributed by atoms with Crippen molar-refractivity contribution in [3.63, 3.8) is 0 Å². The van der Waals surface area contributed by atoms with E-state index in [2.05, 4.69) is 5.32 Å². The maximum Gasteiger partial charge on any atom is 0.336 e. The van der Waals surface area contributed by atoms with Crippen LogP contribution in [0.15, 0.2) is 30.3 Å². The van der Waals surface area contributed by atoms with Gasteiger partial charge in [0.1, 0.15) is 0 Å². The predicted molar refractivity (Wildman–Crippen MR) is 53.6 cm³/mol. The van der Waals surface area contributed by atoms with E-state index in [4.69, 9.17) is 10.9 Å². The normalized spacial score (nSPS) is 9.57. The zero-order valence-corrected chi connectivity index (χ0v) is 7.68. The monoisotopic (exact) mass is 195 g/mol. The maximum atomic E-state index is 11.3. The average Bonchev–Trinajstić information content (AvgIpc) is 2.26. The number of hydrogen-bond donors (Lipinski definition) is 3. The van der Waals surface area contributed by atoms with Crippen LogP contribution in [0.5, 0.6) is 0 Å². The molecule has 0 radical (unpaired) electrons. The molecule has 5 heteroatoms. The topological polar surface area (TPSA) is 78.6 Å². The Labute approximate surface area is 82.1 Å². The third kappa shape index (κ3) is 2.72. The number of carbonyl (C=O) groups excluding carboxylic acids is 1. The number of nitrogens with two attached hydrogens (primary N) is 1. The maximum absolute atomic E-state index is 11.3. The summed E-state index contributed by atoms with van der Waals surface area (Å²) in [5, 5.41) is 11.9. The number of carbonyl (C=O) groups is 1. The Bertz CT molecular complexity index is 289. The molecule has 0 aliphatic heterocycles. The molecule has 14 heavy (non-hydrogen) atoms. The Morgan fingerprint density at radius 1 is 1.43 bits per heavy atom. The summed E-state index contributed by atoms with van der Waals surface area (Å²) < 4.78 is 0. The van der Waals surface area contributed by atoms with E-state index in [1.54, 1.807) is 24.3 Å². The van der Waals surface area contributed by atoms with Crippen LogP contribution in [0.4, 0.5) is 10.5 Å². The average molecular weight is 195 g/mol. The molecule has 0 saturated carbocycles. The summed E-state index contributed by atoms with van der Waals surface area (Å²) in [6.07, 6.45) is 0. The van der Waals surface area contributed by atoms with E-state index in [0.29, 0.717) is 5.69 Å². The highest BCUT2D eigenvalue weighted by Crippen LogP contribution is 2.08. The number of aliphatic hydroxyl groups is 1. The van der Waals surface area contributed by atoms with Gasteiger partial charge in [-0.25, -0.2) is 15.6 Å². The first-order valence-electron chi connectivity index (χ1n) is 4.24. The summed E-state index contributed by atoms with van der Waals surface area (Å²) in [4.78, 5) is 11.3. The molecule has 1 rings (SSSR count). The van der Waals surface area contributed by atoms with Crippen LogP contribution >= 0.6 is 0 Å². The number of hydrogen-bond acceptors (Lipinski definition) is 3. The Kier molecular flexibility index (Phi) is 3.90. The van der Waals surface area contributed by atoms with Crippen LogP contribution in [0.2, 0.25) is 0 Å². The molecule has 0 unspecified atom stereocenters. The number of para-hydroxylation sites is 1. The number of benzene rings is 1. The molecule has 0 aliphatic rings. The minimum absolute atomic E-state index is 0.103. The summed E-state index contributed by atoms with van der Waals surface area (Å²) in [6, 6.07) is 8.41. The zero-order chi connectivity index (χ0) is 10.4. The molecule has 5 nitrogen and oxygen atoms in total. The van der Waals surface area contributed by atoms with Crippen molar-refractivity contribution >= 4 is 11.7 Å². The molecule has 0 heterocycles. The van der Waals surface area contributed by atoms with Gasteiger partial charge in [-0.15, -0.1) is 0 Å². The van der Waals surface area contributed by atoms with E-state index in [-0.39, 0.29) is 13.2 Å². The second kappa shape index (κ2) is 5.21. The molecule has 0 atom stereocenters. The Morgan fingerprint density at radius 3 is 2.64 bits per heavy atom. The Morgan fingerprint density at radius 2 is 2.07 bits per heavy atom. The fraction of sp³-hybridized carbons (Fsp3) is 0.222. The summed E-state index contributed by atoms with van der Waals surface area (Å²) in [7, 11) is 0. The van der Waals surface area contributed by atoms with Crippen molar-refractivity contribution in [1.82, 2.24) is 5.32 Å². The van der Waals surface area contributed by atoms with Gasteiger partial charge < -0.3 is 10.4 Å². The highest BCUT2D eigenvalue weighted by Gasteiger charge is 2.09. The fourth-order valence-electron chi connectivity index (χ4n) is 0.954. The Hall–Kier alpha value is -1.59. The summed E-state index contributed by atoms with van der Waals surface area (Å²) in [5.74, 6) is 5.52. The first-order chi connectivity index (χ1) is 6.75. The van der Waals surface area contributed by atoms with Crippen molar-refractivity contribution < 1.29 is 9.90 Å². The minimum Gasteiger partial charge on any atom is -0.395 e. The number of anilines is 1. The number of hydrazine groups is 1. The first-order valence-corrected chi connectivity index (χ1v) is 4.24. The molecule has 0 aliphatic carbocycles. The number of aliphatic hydroxyl groups excluding tert-OH is 1. The van der Waals surface area contributed by atoms with Gasteiger partial charge in [-0.05, 0) is 12.1 Å². The first kappa shape index (κ1) is 10.5. The van der Waals surface area contributed by atoms with Gasteiger partial charge in [-0.3, -0.25) is 0 Å². The molecule has 0 saturated heterocycles. The predicted octanol–water partition coefficient (Wildman–Crippen LogP) is 0.0686. The van der Waals surface area contributed by atoms with Gasteiger partial charge in [0.15, 0.2) is 0 Å². The van der Waals surface area contributed by atoms with Crippen molar-refractivity contribution in [1.29, 1.82) is 0 Å². The minimum atomic E-state index is -0.440. The molecule has 0 fully saturated rings. The van der Waals surface area contributed by atoms with Crippen molar-refractivity contribution in [2.24, 2.45) is 5.84 Å². The molecular formula is C9H13N3O2. The van der Waals surface area contributed by atoms with Crippen LogP contribution in [0.1, 0.15) is 0 Å². The van der Waals surface area contributed by atoms with Crippen LogP contribution < -0.4 is 16.2 Å². The Balaban J connectivity index is 2.57. The largest absolute Gasteiger partial charge is 0.395 e. The van der Waals surface area contributed by atoms with Crippen LogP contribution in [0.25, 0.3) is 0 Å². The standard InChI is InChI=1S/C9H13N3O2/c10-12(9(14)11-6-7-13)8-4-2-1-3-5-8/h1-5,13H,6-7,10H2,(H,11,14). The molecule has 1 aromatic rings. The van der Waals surface area contributed by atoms with E-state index < -0.39 is 6.03 Å². The third-order valence-electron chi connectivity index (χ3n) is 1.64. The van der Waals surface area contributed by atoms with Gasteiger partial charge in [0.05, 0.1) is 12.3 Å². The van der Waals surface area contributed by atoms with E-state index in [1.165, 1.54) is 0 Å². The van der Waals surface area contributed by atoms with Gasteiger partial charge >= 0.3 is 6.03 Å². The SMILES string of the molecule is NN(C(=O)NCCO)c1ccccc1. The second-order valence-electron chi connectivity index (χ2n) is 2.66. The van der Waals surface area contributed by atoms with Crippen LogP contribution in [0, 0.1) is 0 Å². The van der Waals surface area contributed by atoms with Crippen molar-refractivity contribution in [2.75, 3.05) is 18.2 Å². The second-order valence-corrected chi connectivity index (χ2v) is 2.66. The molecular weight excluding hydrogens is 182 g/mol. The molecule has 0 spiro atoms. The van der Waals surface area contributed by atoms with Gasteiger partial charge in [0.2, 0.25) is 0 Å². The quantitative estimate of drug-likeness (QED) is 0.363. The molecule has 4 N–H and O–H groups in total. The third-order valence-corrected chi connectivity index (χ3v) is 1.64. The lowest BCUT2D eigenvalue weighted by Crippen LogP contribution is -2.45. The van der Waals surface area contributed by atoms with Gasteiger partial charge in [0, 0.05) is 6.54 Å². The van der Waals surface area contributed by atoms with Gasteiger partial charge in [0.25, 0.3) is 0 Å². The lowest BCUT2D eigenvalue weighted by Gasteiger charge is -2.16. The van der Waals surface area contributed by atoms with E-state index in [0.717, 1.165) is 5.01 Å². The van der Waals surface area contributed by atoms with Crippen molar-refractivity contribution in [2.45, 2.75) is 0 Å². The van der Waals surface area contributed by atoms with E-state index >= 15 is 0 Å². The smallest absolute Gasteiger partial charge is 0.336 e. The van der Waals surface area contributed by atoms with Crippen LogP contribution in [0.3, 0.4) is 0 Å². The number of nitrogens with one attached hydrogen (secondary N) is 1. The lowest BCUT2D eigenvalue weighted by atomic mass is 10.3. The molecule has 0 bridgehead atoms. The number of amides is 2. The summed E-state index contributed by atoms with van der Waals surface area (Å²) in [5.41, 5.74) is 0.600. The molecule has 2 amide bonds. The number of rotatable bonds is 3. The van der Waals surface area contributed by atoms with Crippen molar-refractivity contribution in [3.8, 4) is 0 Å². The highest BCUT2D eigenvalue weighted by molar-refractivity contribution is 5.90. The van der Waals surface area contributed by atoms with E-state index in [9.17, 15) is 4.79 Å². The van der Waals surface area contributed by atoms with Gasteiger partial charge in [-0.2, -0.15) is 0 Å².